The molecule has 5 heteroatoms. The third-order valence-corrected chi connectivity index (χ3v) is 1.40. The van der Waals surface area contributed by atoms with E-state index in [-0.39, 0.29) is 17.3 Å². The first-order chi connectivity index (χ1) is 6.15. The van der Waals surface area contributed by atoms with Crippen molar-refractivity contribution in [3.05, 3.63) is 17.7 Å². The Balaban J connectivity index is 2.79. The van der Waals surface area contributed by atoms with Crippen molar-refractivity contribution < 1.29 is 14.3 Å². The van der Waals surface area contributed by atoms with Crippen molar-refractivity contribution in [1.29, 1.82) is 0 Å². The van der Waals surface area contributed by atoms with Crippen LogP contribution >= 0.6 is 0 Å². The summed E-state index contributed by atoms with van der Waals surface area (Å²) in [5.74, 6) is -0.565. The lowest BCUT2D eigenvalue weighted by Crippen LogP contribution is -2.05. The van der Waals surface area contributed by atoms with Crippen LogP contribution in [-0.2, 0) is 4.74 Å². The van der Waals surface area contributed by atoms with Crippen LogP contribution in [-0.4, -0.2) is 28.3 Å². The lowest BCUT2D eigenvalue weighted by Gasteiger charge is -1.95. The van der Waals surface area contributed by atoms with Gasteiger partial charge in [0.2, 0.25) is 0 Å². The predicted molar refractivity (Wildman–Crippen MR) is 44.5 cm³/mol. The summed E-state index contributed by atoms with van der Waals surface area (Å²) in [6.45, 7) is 3.37. The van der Waals surface area contributed by atoms with Gasteiger partial charge in [0.15, 0.2) is 17.3 Å². The third kappa shape index (κ3) is 2.14. The van der Waals surface area contributed by atoms with Crippen LogP contribution in [0.3, 0.4) is 0 Å². The number of Topliss-reactive ketones (excluding diaryl/α,β-unsaturated/α-hetero) is 1. The molecule has 0 atom stereocenters. The summed E-state index contributed by atoms with van der Waals surface area (Å²) in [6.07, 6.45) is 1.36. The van der Waals surface area contributed by atoms with Crippen molar-refractivity contribution in [2.75, 3.05) is 6.61 Å². The van der Waals surface area contributed by atoms with Gasteiger partial charge < -0.3 is 9.72 Å². The van der Waals surface area contributed by atoms with Gasteiger partial charge in [-0.05, 0) is 6.92 Å². The molecule has 13 heavy (non-hydrogen) atoms. The van der Waals surface area contributed by atoms with Crippen LogP contribution in [0, 0.1) is 0 Å². The van der Waals surface area contributed by atoms with Gasteiger partial charge in [0, 0.05) is 13.1 Å². The van der Waals surface area contributed by atoms with Crippen molar-refractivity contribution in [2.24, 2.45) is 0 Å². The van der Waals surface area contributed by atoms with Crippen LogP contribution in [0.2, 0.25) is 0 Å². The van der Waals surface area contributed by atoms with E-state index >= 15 is 0 Å². The highest BCUT2D eigenvalue weighted by Crippen LogP contribution is 1.99. The zero-order valence-electron chi connectivity index (χ0n) is 7.46. The maximum absolute atomic E-state index is 11.1. The molecule has 0 unspecified atom stereocenters. The van der Waals surface area contributed by atoms with Gasteiger partial charge in [-0.3, -0.25) is 4.79 Å². The van der Waals surface area contributed by atoms with E-state index in [0.29, 0.717) is 6.61 Å². The minimum Gasteiger partial charge on any atom is -0.461 e. The molecule has 0 saturated heterocycles. The Labute approximate surface area is 75.1 Å². The number of aromatic nitrogens is 2. The minimum absolute atomic E-state index is 0.132. The molecule has 0 aromatic carbocycles. The summed E-state index contributed by atoms with van der Waals surface area (Å²) < 4.78 is 4.69. The molecule has 0 aliphatic rings. The summed E-state index contributed by atoms with van der Waals surface area (Å²) in [5, 5.41) is 0. The molecule has 0 aliphatic carbocycles. The lowest BCUT2D eigenvalue weighted by molar-refractivity contribution is 0.0520. The number of nitrogens with one attached hydrogen (secondary N) is 1. The number of rotatable bonds is 3. The Bertz CT molecular complexity index is 330. The molecule has 0 radical (unpaired) electrons. The zero-order valence-corrected chi connectivity index (χ0v) is 7.46. The standard InChI is InChI=1S/C8H10N2O3/c1-3-13-8(12)6-4-9-7(10-6)5(2)11/h4H,3H2,1-2H3,(H,9,10). The average molecular weight is 182 g/mol. The van der Waals surface area contributed by atoms with Crippen LogP contribution in [0.1, 0.15) is 35.0 Å². The van der Waals surface area contributed by atoms with E-state index in [1.807, 2.05) is 0 Å². The topological polar surface area (TPSA) is 72.1 Å². The van der Waals surface area contributed by atoms with Gasteiger partial charge in [0.05, 0.1) is 6.61 Å². The first kappa shape index (κ1) is 9.44. The molecule has 0 amide bonds. The summed E-state index contributed by atoms with van der Waals surface area (Å²) >= 11 is 0. The number of imidazole rings is 1. The predicted octanol–water partition coefficient (Wildman–Crippen LogP) is 0.789. The highest BCUT2D eigenvalue weighted by Gasteiger charge is 2.12. The van der Waals surface area contributed by atoms with Gasteiger partial charge in [-0.2, -0.15) is 0 Å². The van der Waals surface area contributed by atoms with Gasteiger partial charge >= 0.3 is 5.97 Å². The Hall–Kier alpha value is -1.65. The number of hydrogen-bond donors (Lipinski definition) is 1. The van der Waals surface area contributed by atoms with Gasteiger partial charge in [0.25, 0.3) is 0 Å². The normalized spacial score (nSPS) is 9.69. The molecule has 0 fully saturated rings. The van der Waals surface area contributed by atoms with Gasteiger partial charge in [-0.25, -0.2) is 9.78 Å². The van der Waals surface area contributed by atoms with Crippen molar-refractivity contribution in [2.45, 2.75) is 13.8 Å². The van der Waals surface area contributed by atoms with Crippen molar-refractivity contribution in [3.8, 4) is 0 Å². The van der Waals surface area contributed by atoms with E-state index in [2.05, 4.69) is 14.7 Å². The second kappa shape index (κ2) is 3.84. The smallest absolute Gasteiger partial charge is 0.358 e. The first-order valence-electron chi connectivity index (χ1n) is 3.88. The number of aromatic amines is 1. The summed E-state index contributed by atoms with van der Waals surface area (Å²) in [7, 11) is 0. The van der Waals surface area contributed by atoms with Gasteiger partial charge in [-0.1, -0.05) is 0 Å². The quantitative estimate of drug-likeness (QED) is 0.554. The molecule has 1 aromatic heterocycles. The van der Waals surface area contributed by atoms with Gasteiger partial charge in [-0.15, -0.1) is 0 Å². The van der Waals surface area contributed by atoms with E-state index in [9.17, 15) is 9.59 Å². The van der Waals surface area contributed by atoms with Crippen LogP contribution in [0.15, 0.2) is 6.20 Å². The highest BCUT2D eigenvalue weighted by molar-refractivity contribution is 5.93. The van der Waals surface area contributed by atoms with Crippen molar-refractivity contribution >= 4 is 11.8 Å². The van der Waals surface area contributed by atoms with E-state index in [0.717, 1.165) is 0 Å². The molecule has 70 valence electrons. The fraction of sp³-hybridized carbons (Fsp3) is 0.375. The number of ether oxygens (including phenoxy) is 1. The molecule has 0 bridgehead atoms. The molecule has 0 spiro atoms. The largest absolute Gasteiger partial charge is 0.461 e. The minimum atomic E-state index is -0.522. The fourth-order valence-corrected chi connectivity index (χ4v) is 0.812. The molecule has 1 rings (SSSR count). The molecule has 5 nitrogen and oxygen atoms in total. The first-order valence-corrected chi connectivity index (χ1v) is 3.88. The SMILES string of the molecule is CCOC(=O)c1c[nH]c(C(C)=O)n1. The van der Waals surface area contributed by atoms with Crippen LogP contribution in [0.5, 0.6) is 0 Å². The van der Waals surface area contributed by atoms with Gasteiger partial charge in [0.1, 0.15) is 0 Å². The summed E-state index contributed by atoms with van der Waals surface area (Å²) in [4.78, 5) is 28.2. The summed E-state index contributed by atoms with van der Waals surface area (Å²) in [5.41, 5.74) is 0.132. The molecule has 0 aliphatic heterocycles. The average Bonchev–Trinajstić information content (AvgIpc) is 2.52. The second-order valence-electron chi connectivity index (χ2n) is 2.41. The highest BCUT2D eigenvalue weighted by atomic mass is 16.5. The molecular formula is C8H10N2O3. The van der Waals surface area contributed by atoms with Crippen LogP contribution < -0.4 is 0 Å². The van der Waals surface area contributed by atoms with Crippen molar-refractivity contribution in [3.63, 3.8) is 0 Å². The van der Waals surface area contributed by atoms with E-state index in [1.165, 1.54) is 13.1 Å². The lowest BCUT2D eigenvalue weighted by atomic mass is 10.4. The molecule has 1 N–H and O–H groups in total. The maximum atomic E-state index is 11.1. The summed E-state index contributed by atoms with van der Waals surface area (Å²) in [6, 6.07) is 0. The third-order valence-electron chi connectivity index (χ3n) is 1.40. The number of carbonyl (C=O) groups is 2. The second-order valence-corrected chi connectivity index (χ2v) is 2.41. The molecular weight excluding hydrogens is 172 g/mol. The molecule has 1 aromatic rings. The number of esters is 1. The number of nitrogens with zero attached hydrogens (tertiary/aromatic N) is 1. The monoisotopic (exact) mass is 182 g/mol. The molecule has 0 saturated carbocycles. The Kier molecular flexibility index (Phi) is 2.79. The Morgan fingerprint density at radius 2 is 2.31 bits per heavy atom. The number of hydrogen-bond acceptors (Lipinski definition) is 4. The van der Waals surface area contributed by atoms with Crippen LogP contribution in [0.25, 0.3) is 0 Å². The van der Waals surface area contributed by atoms with E-state index in [1.54, 1.807) is 6.92 Å². The van der Waals surface area contributed by atoms with E-state index < -0.39 is 5.97 Å². The number of H-pyrrole nitrogens is 1. The zero-order chi connectivity index (χ0) is 9.84. The van der Waals surface area contributed by atoms with Crippen LogP contribution in [0.4, 0.5) is 0 Å². The maximum Gasteiger partial charge on any atom is 0.358 e. The Morgan fingerprint density at radius 3 is 2.77 bits per heavy atom. The number of carbonyl (C=O) groups excluding carboxylic acids is 2. The Morgan fingerprint density at radius 1 is 1.62 bits per heavy atom. The van der Waals surface area contributed by atoms with Crippen molar-refractivity contribution in [1.82, 2.24) is 9.97 Å². The number of ketones is 1. The molecule has 1 heterocycles. The fourth-order valence-electron chi connectivity index (χ4n) is 0.812. The van der Waals surface area contributed by atoms with E-state index in [4.69, 9.17) is 0 Å².